The van der Waals surface area contributed by atoms with Crippen LogP contribution in [0.25, 0.3) is 21.8 Å². The zero-order chi connectivity index (χ0) is 17.8. The first kappa shape index (κ1) is 17.8. The SMILES string of the molecule is CCCCCCCn1c2ccccc2c2c(OC)c(CO)c(C)cc21. The van der Waals surface area contributed by atoms with Crippen molar-refractivity contribution in [3.05, 3.63) is 41.5 Å². The lowest BCUT2D eigenvalue weighted by Crippen LogP contribution is -2.00. The molecule has 1 N–H and O–H groups in total. The van der Waals surface area contributed by atoms with Gasteiger partial charge < -0.3 is 14.4 Å². The molecule has 2 aromatic carbocycles. The molecule has 0 spiro atoms. The maximum Gasteiger partial charge on any atom is 0.134 e. The fourth-order valence-corrected chi connectivity index (χ4v) is 3.87. The second-order valence-corrected chi connectivity index (χ2v) is 6.84. The molecule has 3 nitrogen and oxygen atoms in total. The Morgan fingerprint density at radius 3 is 2.52 bits per heavy atom. The van der Waals surface area contributed by atoms with Crippen molar-refractivity contribution < 1.29 is 9.84 Å². The molecule has 3 heteroatoms. The van der Waals surface area contributed by atoms with Crippen molar-refractivity contribution in [3.63, 3.8) is 0 Å². The number of hydrogen-bond acceptors (Lipinski definition) is 2. The molecule has 1 heterocycles. The van der Waals surface area contributed by atoms with Crippen LogP contribution in [0.5, 0.6) is 5.75 Å². The van der Waals surface area contributed by atoms with Gasteiger partial charge in [0.15, 0.2) is 0 Å². The summed E-state index contributed by atoms with van der Waals surface area (Å²) >= 11 is 0. The first-order valence-electron chi connectivity index (χ1n) is 9.41. The van der Waals surface area contributed by atoms with Gasteiger partial charge in [0.05, 0.1) is 19.2 Å². The minimum Gasteiger partial charge on any atom is -0.496 e. The maximum absolute atomic E-state index is 9.81. The second-order valence-electron chi connectivity index (χ2n) is 6.84. The maximum atomic E-state index is 9.81. The van der Waals surface area contributed by atoms with E-state index in [0.29, 0.717) is 0 Å². The molecule has 0 saturated carbocycles. The lowest BCUT2D eigenvalue weighted by molar-refractivity contribution is 0.273. The highest BCUT2D eigenvalue weighted by atomic mass is 16.5. The number of rotatable bonds is 8. The number of methoxy groups -OCH3 is 1. The minimum absolute atomic E-state index is 0.00146. The lowest BCUT2D eigenvalue weighted by Gasteiger charge is -2.13. The van der Waals surface area contributed by atoms with Crippen molar-refractivity contribution in [2.75, 3.05) is 7.11 Å². The van der Waals surface area contributed by atoms with E-state index in [-0.39, 0.29) is 6.61 Å². The Bertz CT molecular complexity index is 863. The number of fused-ring (bicyclic) bond motifs is 3. The van der Waals surface area contributed by atoms with Crippen LogP contribution < -0.4 is 4.74 Å². The molecule has 25 heavy (non-hydrogen) atoms. The Morgan fingerprint density at radius 2 is 1.80 bits per heavy atom. The summed E-state index contributed by atoms with van der Waals surface area (Å²) in [7, 11) is 1.70. The predicted molar refractivity (Wildman–Crippen MR) is 105 cm³/mol. The molecule has 0 aliphatic heterocycles. The van der Waals surface area contributed by atoms with E-state index in [1.54, 1.807) is 7.11 Å². The van der Waals surface area contributed by atoms with Gasteiger partial charge in [-0.2, -0.15) is 0 Å². The van der Waals surface area contributed by atoms with Gasteiger partial charge in [0.2, 0.25) is 0 Å². The van der Waals surface area contributed by atoms with Crippen LogP contribution in [0.3, 0.4) is 0 Å². The van der Waals surface area contributed by atoms with E-state index in [1.807, 2.05) is 0 Å². The highest BCUT2D eigenvalue weighted by Gasteiger charge is 2.18. The van der Waals surface area contributed by atoms with Crippen molar-refractivity contribution in [2.45, 2.75) is 59.1 Å². The van der Waals surface area contributed by atoms with E-state index >= 15 is 0 Å². The fourth-order valence-electron chi connectivity index (χ4n) is 3.87. The predicted octanol–water partition coefficient (Wildman–Crippen LogP) is 5.57. The van der Waals surface area contributed by atoms with Crippen LogP contribution in [0.4, 0.5) is 0 Å². The third-order valence-electron chi connectivity index (χ3n) is 5.19. The molecule has 0 amide bonds. The van der Waals surface area contributed by atoms with Crippen LogP contribution >= 0.6 is 0 Å². The molecule has 0 unspecified atom stereocenters. The van der Waals surface area contributed by atoms with Crippen LogP contribution in [0.15, 0.2) is 30.3 Å². The Morgan fingerprint density at radius 1 is 1.04 bits per heavy atom. The van der Waals surface area contributed by atoms with Gasteiger partial charge in [-0.15, -0.1) is 0 Å². The molecule has 134 valence electrons. The monoisotopic (exact) mass is 339 g/mol. The lowest BCUT2D eigenvalue weighted by atomic mass is 10.0. The average Bonchev–Trinajstić information content (AvgIpc) is 2.94. The molecule has 0 radical (unpaired) electrons. The zero-order valence-corrected chi connectivity index (χ0v) is 15.6. The summed E-state index contributed by atoms with van der Waals surface area (Å²) in [5, 5.41) is 12.1. The standard InChI is InChI=1S/C22H29NO2/c1-4-5-6-7-10-13-23-19-12-9-8-11-17(19)21-20(23)14-16(2)18(15-24)22(21)25-3/h8-9,11-12,14,24H,4-7,10,13,15H2,1-3H3. The molecule has 0 fully saturated rings. The smallest absolute Gasteiger partial charge is 0.134 e. The molecular formula is C22H29NO2. The topological polar surface area (TPSA) is 34.4 Å². The van der Waals surface area contributed by atoms with Gasteiger partial charge in [-0.3, -0.25) is 0 Å². The summed E-state index contributed by atoms with van der Waals surface area (Å²) in [6, 6.07) is 10.7. The number of aliphatic hydroxyl groups is 1. The molecule has 3 aromatic rings. The van der Waals surface area contributed by atoms with Crippen molar-refractivity contribution in [2.24, 2.45) is 0 Å². The van der Waals surface area contributed by atoms with Crippen molar-refractivity contribution in [1.29, 1.82) is 0 Å². The fraction of sp³-hybridized carbons (Fsp3) is 0.455. The second kappa shape index (κ2) is 7.92. The van der Waals surface area contributed by atoms with Crippen LogP contribution in [-0.4, -0.2) is 16.8 Å². The number of para-hydroxylation sites is 1. The Labute approximate surface area is 150 Å². The van der Waals surface area contributed by atoms with E-state index in [4.69, 9.17) is 4.74 Å². The number of nitrogens with zero attached hydrogens (tertiary/aromatic N) is 1. The highest BCUT2D eigenvalue weighted by Crippen LogP contribution is 2.39. The molecule has 1 aromatic heterocycles. The van der Waals surface area contributed by atoms with Gasteiger partial charge in [-0.1, -0.05) is 50.8 Å². The van der Waals surface area contributed by atoms with Gasteiger partial charge in [-0.25, -0.2) is 0 Å². The van der Waals surface area contributed by atoms with Gasteiger partial charge in [0, 0.05) is 28.4 Å². The number of hydrogen-bond donors (Lipinski definition) is 1. The summed E-state index contributed by atoms with van der Waals surface area (Å²) in [6.07, 6.45) is 6.36. The Balaban J connectivity index is 2.13. The first-order valence-corrected chi connectivity index (χ1v) is 9.41. The Kier molecular flexibility index (Phi) is 5.64. The average molecular weight is 339 g/mol. The van der Waals surface area contributed by atoms with Crippen LogP contribution in [0.1, 0.15) is 50.2 Å². The van der Waals surface area contributed by atoms with Crippen molar-refractivity contribution >= 4 is 21.8 Å². The van der Waals surface area contributed by atoms with Crippen molar-refractivity contribution in [3.8, 4) is 5.75 Å². The Hall–Kier alpha value is -2.00. The van der Waals surface area contributed by atoms with E-state index < -0.39 is 0 Å². The quantitative estimate of drug-likeness (QED) is 0.544. The van der Waals surface area contributed by atoms with Gasteiger partial charge in [0.25, 0.3) is 0 Å². The molecule has 0 aliphatic carbocycles. The number of benzene rings is 2. The van der Waals surface area contributed by atoms with Gasteiger partial charge in [-0.05, 0) is 31.0 Å². The molecule has 3 rings (SSSR count). The minimum atomic E-state index is 0.00146. The first-order chi connectivity index (χ1) is 12.2. The molecule has 0 saturated heterocycles. The number of unbranched alkanes of at least 4 members (excludes halogenated alkanes) is 4. The summed E-state index contributed by atoms with van der Waals surface area (Å²) in [5.74, 6) is 0.818. The summed E-state index contributed by atoms with van der Waals surface area (Å²) in [4.78, 5) is 0. The van der Waals surface area contributed by atoms with E-state index in [0.717, 1.165) is 28.8 Å². The van der Waals surface area contributed by atoms with Gasteiger partial charge >= 0.3 is 0 Å². The van der Waals surface area contributed by atoms with E-state index in [9.17, 15) is 5.11 Å². The zero-order valence-electron chi connectivity index (χ0n) is 15.6. The molecule has 0 bridgehead atoms. The number of ether oxygens (including phenoxy) is 1. The van der Waals surface area contributed by atoms with Crippen LogP contribution in [-0.2, 0) is 13.2 Å². The molecule has 0 aliphatic rings. The molecular weight excluding hydrogens is 310 g/mol. The number of aromatic nitrogens is 1. The third-order valence-corrected chi connectivity index (χ3v) is 5.19. The largest absolute Gasteiger partial charge is 0.496 e. The summed E-state index contributed by atoms with van der Waals surface area (Å²) in [5.41, 5.74) is 4.44. The molecule has 0 atom stereocenters. The van der Waals surface area contributed by atoms with E-state index in [1.165, 1.54) is 48.5 Å². The third kappa shape index (κ3) is 3.25. The van der Waals surface area contributed by atoms with Crippen LogP contribution in [0, 0.1) is 6.92 Å². The normalized spacial score (nSPS) is 11.5. The van der Waals surface area contributed by atoms with Crippen molar-refractivity contribution in [1.82, 2.24) is 4.57 Å². The number of aryl methyl sites for hydroxylation is 2. The summed E-state index contributed by atoms with van der Waals surface area (Å²) in [6.45, 7) is 5.33. The van der Waals surface area contributed by atoms with Crippen LogP contribution in [0.2, 0.25) is 0 Å². The number of aliphatic hydroxyl groups excluding tert-OH is 1. The van der Waals surface area contributed by atoms with Gasteiger partial charge in [0.1, 0.15) is 5.75 Å². The highest BCUT2D eigenvalue weighted by molar-refractivity contribution is 6.12. The summed E-state index contributed by atoms with van der Waals surface area (Å²) < 4.78 is 8.16. The van der Waals surface area contributed by atoms with E-state index in [2.05, 4.69) is 48.7 Å².